The van der Waals surface area contributed by atoms with Crippen molar-refractivity contribution in [1.82, 2.24) is 4.90 Å². The highest BCUT2D eigenvalue weighted by molar-refractivity contribution is 5.94. The Labute approximate surface area is 149 Å². The number of carboxylic acids is 1. The Balaban J connectivity index is 2.22. The molecule has 25 heavy (non-hydrogen) atoms. The number of carbonyl (C=O) groups is 2. The molecule has 1 aromatic rings. The third kappa shape index (κ3) is 4.80. The van der Waals surface area contributed by atoms with E-state index in [0.29, 0.717) is 19.6 Å². The van der Waals surface area contributed by atoms with Crippen LogP contribution in [0.4, 0.5) is 5.69 Å². The zero-order valence-electron chi connectivity index (χ0n) is 15.1. The summed E-state index contributed by atoms with van der Waals surface area (Å²) in [5.41, 5.74) is 0.508. The first-order valence-electron chi connectivity index (χ1n) is 8.83. The fraction of sp³-hybridized carbons (Fsp3) is 0.579. The van der Waals surface area contributed by atoms with Crippen molar-refractivity contribution in [2.45, 2.75) is 38.1 Å². The number of para-hydroxylation sites is 1. The molecule has 1 fully saturated rings. The third-order valence-electron chi connectivity index (χ3n) is 4.88. The highest BCUT2D eigenvalue weighted by Crippen LogP contribution is 2.34. The van der Waals surface area contributed by atoms with E-state index in [1.54, 1.807) is 7.11 Å². The third-order valence-corrected chi connectivity index (χ3v) is 4.88. The minimum absolute atomic E-state index is 0.0854. The molecule has 0 spiro atoms. The normalized spacial score (nSPS) is 17.2. The number of likely N-dealkylation sites (tertiary alicyclic amines) is 1. The largest absolute Gasteiger partial charge is 0.481 e. The van der Waals surface area contributed by atoms with Crippen LogP contribution in [-0.4, -0.2) is 60.8 Å². The van der Waals surface area contributed by atoms with E-state index in [2.05, 4.69) is 4.90 Å². The van der Waals surface area contributed by atoms with Gasteiger partial charge in [0.1, 0.15) is 0 Å². The maximum absolute atomic E-state index is 12.8. The Morgan fingerprint density at radius 3 is 2.40 bits per heavy atom. The van der Waals surface area contributed by atoms with Gasteiger partial charge >= 0.3 is 5.97 Å². The van der Waals surface area contributed by atoms with E-state index < -0.39 is 5.97 Å². The Morgan fingerprint density at radius 1 is 1.24 bits per heavy atom. The summed E-state index contributed by atoms with van der Waals surface area (Å²) in [5.74, 6) is -0.692. The van der Waals surface area contributed by atoms with Crippen LogP contribution >= 0.6 is 0 Å². The van der Waals surface area contributed by atoms with Gasteiger partial charge in [-0.05, 0) is 25.0 Å². The first-order chi connectivity index (χ1) is 12.0. The van der Waals surface area contributed by atoms with Crippen LogP contribution in [0.1, 0.15) is 32.6 Å². The summed E-state index contributed by atoms with van der Waals surface area (Å²) in [6.07, 6.45) is 2.11. The van der Waals surface area contributed by atoms with Gasteiger partial charge in [0.15, 0.2) is 0 Å². The van der Waals surface area contributed by atoms with Gasteiger partial charge in [-0.1, -0.05) is 25.1 Å². The molecule has 6 nitrogen and oxygen atoms in total. The van der Waals surface area contributed by atoms with E-state index in [9.17, 15) is 9.59 Å². The Kier molecular flexibility index (Phi) is 6.96. The minimum atomic E-state index is -0.777. The lowest BCUT2D eigenvalue weighted by molar-refractivity contribution is -0.137. The molecule has 1 heterocycles. The van der Waals surface area contributed by atoms with Crippen LogP contribution in [0.25, 0.3) is 0 Å². The molecule has 0 atom stereocenters. The number of methoxy groups -OCH3 is 1. The Morgan fingerprint density at radius 2 is 1.88 bits per heavy atom. The smallest absolute Gasteiger partial charge is 0.304 e. The van der Waals surface area contributed by atoms with E-state index in [-0.39, 0.29) is 17.9 Å². The standard InChI is InChI=1S/C19H28N2O4/c1-3-17(22)21(16-7-5-4-6-8-16)19(15-25-2)10-13-20(14-11-19)12-9-18(23)24/h4-8H,3,9-15H2,1-2H3,(H,23,24). The van der Waals surface area contributed by atoms with Gasteiger partial charge in [0.25, 0.3) is 0 Å². The number of anilines is 1. The number of rotatable bonds is 8. The van der Waals surface area contributed by atoms with Crippen molar-refractivity contribution in [1.29, 1.82) is 0 Å². The van der Waals surface area contributed by atoms with Crippen molar-refractivity contribution >= 4 is 17.6 Å². The lowest BCUT2D eigenvalue weighted by Crippen LogP contribution is -2.60. The number of carbonyl (C=O) groups excluding carboxylic acids is 1. The molecule has 1 aliphatic heterocycles. The second kappa shape index (κ2) is 8.97. The maximum atomic E-state index is 12.8. The van der Waals surface area contributed by atoms with Gasteiger partial charge in [-0.3, -0.25) is 9.59 Å². The molecule has 0 unspecified atom stereocenters. The van der Waals surface area contributed by atoms with Crippen LogP contribution in [-0.2, 0) is 14.3 Å². The van der Waals surface area contributed by atoms with Crippen molar-refractivity contribution in [3.8, 4) is 0 Å². The summed E-state index contributed by atoms with van der Waals surface area (Å²) in [4.78, 5) is 27.6. The molecular weight excluding hydrogens is 320 g/mol. The van der Waals surface area contributed by atoms with Crippen LogP contribution in [0.3, 0.4) is 0 Å². The molecule has 0 bridgehead atoms. The number of piperidine rings is 1. The van der Waals surface area contributed by atoms with Crippen molar-refractivity contribution in [2.75, 3.05) is 38.3 Å². The zero-order chi connectivity index (χ0) is 18.3. The predicted octanol–water partition coefficient (Wildman–Crippen LogP) is 2.39. The fourth-order valence-corrected chi connectivity index (χ4v) is 3.57. The van der Waals surface area contributed by atoms with Crippen LogP contribution in [0.15, 0.2) is 30.3 Å². The molecule has 1 saturated heterocycles. The summed E-state index contributed by atoms with van der Waals surface area (Å²) < 4.78 is 5.51. The van der Waals surface area contributed by atoms with Gasteiger partial charge in [-0.2, -0.15) is 0 Å². The first kappa shape index (κ1) is 19.4. The van der Waals surface area contributed by atoms with Crippen LogP contribution < -0.4 is 4.90 Å². The lowest BCUT2D eigenvalue weighted by Gasteiger charge is -2.48. The Hall–Kier alpha value is -1.92. The summed E-state index contributed by atoms with van der Waals surface area (Å²) in [7, 11) is 1.66. The second-order valence-corrected chi connectivity index (χ2v) is 6.56. The second-order valence-electron chi connectivity index (χ2n) is 6.56. The van der Waals surface area contributed by atoms with Gasteiger partial charge < -0.3 is 19.6 Å². The average Bonchev–Trinajstić information content (AvgIpc) is 2.62. The quantitative estimate of drug-likeness (QED) is 0.781. The summed E-state index contributed by atoms with van der Waals surface area (Å²) in [5, 5.41) is 8.87. The Bertz CT molecular complexity index is 568. The van der Waals surface area contributed by atoms with Crippen molar-refractivity contribution in [2.24, 2.45) is 0 Å². The number of amides is 1. The summed E-state index contributed by atoms with van der Waals surface area (Å²) in [6, 6.07) is 9.74. The minimum Gasteiger partial charge on any atom is -0.481 e. The van der Waals surface area contributed by atoms with E-state index in [1.807, 2.05) is 42.2 Å². The predicted molar refractivity (Wildman–Crippen MR) is 96.8 cm³/mol. The SMILES string of the molecule is CCC(=O)N(c1ccccc1)C1(COC)CCN(CCC(=O)O)CC1. The molecule has 0 saturated carbocycles. The summed E-state index contributed by atoms with van der Waals surface area (Å²) in [6.45, 7) is 4.42. The molecule has 1 aliphatic rings. The van der Waals surface area contributed by atoms with Gasteiger partial charge in [0, 0.05) is 38.9 Å². The molecule has 0 aromatic heterocycles. The van der Waals surface area contributed by atoms with Gasteiger partial charge in [-0.15, -0.1) is 0 Å². The monoisotopic (exact) mass is 348 g/mol. The molecular formula is C19H28N2O4. The molecule has 6 heteroatoms. The van der Waals surface area contributed by atoms with Crippen LogP contribution in [0.2, 0.25) is 0 Å². The molecule has 1 aromatic carbocycles. The topological polar surface area (TPSA) is 70.1 Å². The molecule has 1 amide bonds. The van der Waals surface area contributed by atoms with Crippen LogP contribution in [0, 0.1) is 0 Å². The molecule has 0 radical (unpaired) electrons. The van der Waals surface area contributed by atoms with Crippen molar-refractivity contribution in [3.05, 3.63) is 30.3 Å². The van der Waals surface area contributed by atoms with Gasteiger partial charge in [-0.25, -0.2) is 0 Å². The summed E-state index contributed by atoms with van der Waals surface area (Å²) >= 11 is 0. The number of hydrogen-bond donors (Lipinski definition) is 1. The number of ether oxygens (including phenoxy) is 1. The van der Waals surface area contributed by atoms with E-state index in [1.165, 1.54) is 0 Å². The van der Waals surface area contributed by atoms with Gasteiger partial charge in [0.05, 0.1) is 18.6 Å². The number of benzene rings is 1. The van der Waals surface area contributed by atoms with E-state index >= 15 is 0 Å². The highest BCUT2D eigenvalue weighted by atomic mass is 16.5. The maximum Gasteiger partial charge on any atom is 0.304 e. The molecule has 0 aliphatic carbocycles. The number of aliphatic carboxylic acids is 1. The van der Waals surface area contributed by atoms with Crippen LogP contribution in [0.5, 0.6) is 0 Å². The zero-order valence-corrected chi connectivity index (χ0v) is 15.1. The molecule has 1 N–H and O–H groups in total. The number of nitrogens with zero attached hydrogens (tertiary/aromatic N) is 2. The van der Waals surface area contributed by atoms with Gasteiger partial charge in [0.2, 0.25) is 5.91 Å². The van der Waals surface area contributed by atoms with Crippen molar-refractivity contribution in [3.63, 3.8) is 0 Å². The van der Waals surface area contributed by atoms with Crippen molar-refractivity contribution < 1.29 is 19.4 Å². The lowest BCUT2D eigenvalue weighted by atomic mass is 9.85. The molecule has 2 rings (SSSR count). The van der Waals surface area contributed by atoms with E-state index in [4.69, 9.17) is 9.84 Å². The fourth-order valence-electron chi connectivity index (χ4n) is 3.57. The average molecular weight is 348 g/mol. The number of hydrogen-bond acceptors (Lipinski definition) is 4. The highest BCUT2D eigenvalue weighted by Gasteiger charge is 2.42. The number of carboxylic acid groups (broad SMARTS) is 1. The molecule has 138 valence electrons. The first-order valence-corrected chi connectivity index (χ1v) is 8.83. The van der Waals surface area contributed by atoms with E-state index in [0.717, 1.165) is 31.6 Å².